The lowest BCUT2D eigenvalue weighted by Crippen LogP contribution is -2.13. The zero-order chi connectivity index (χ0) is 15.9. The fraction of sp³-hybridized carbons (Fsp3) is 0.471. The van der Waals surface area contributed by atoms with Gasteiger partial charge >= 0.3 is 5.97 Å². The van der Waals surface area contributed by atoms with Crippen LogP contribution in [0.3, 0.4) is 0 Å². The van der Waals surface area contributed by atoms with E-state index in [0.29, 0.717) is 26.0 Å². The number of hydrogen-bond donors (Lipinski definition) is 3. The maximum atomic E-state index is 11.0. The molecule has 1 aromatic carbocycles. The largest absolute Gasteiger partial charge is 0.494 e. The molecular formula is C17H24N2O3. The van der Waals surface area contributed by atoms with E-state index in [1.807, 2.05) is 31.3 Å². The van der Waals surface area contributed by atoms with E-state index in [9.17, 15) is 4.79 Å². The first-order chi connectivity index (χ1) is 10.7. The molecule has 1 unspecified atom stereocenters. The highest BCUT2D eigenvalue weighted by molar-refractivity contribution is 5.84. The number of H-pyrrole nitrogens is 1. The van der Waals surface area contributed by atoms with Crippen molar-refractivity contribution in [2.24, 2.45) is 11.7 Å². The average molecular weight is 304 g/mol. The minimum Gasteiger partial charge on any atom is -0.494 e. The van der Waals surface area contributed by atoms with Crippen molar-refractivity contribution < 1.29 is 14.6 Å². The quantitative estimate of drug-likeness (QED) is 0.621. The molecular weight excluding hydrogens is 280 g/mol. The Balaban J connectivity index is 1.91. The molecule has 0 aliphatic rings. The van der Waals surface area contributed by atoms with Crippen molar-refractivity contribution in [3.63, 3.8) is 0 Å². The molecule has 1 atom stereocenters. The second-order valence-corrected chi connectivity index (χ2v) is 5.49. The normalized spacial score (nSPS) is 12.5. The molecule has 0 saturated carbocycles. The van der Waals surface area contributed by atoms with Crippen LogP contribution in [0.25, 0.3) is 10.9 Å². The third-order valence-corrected chi connectivity index (χ3v) is 3.96. The molecule has 0 fully saturated rings. The number of carboxylic acid groups (broad SMARTS) is 1. The van der Waals surface area contributed by atoms with Crippen molar-refractivity contribution in [3.8, 4) is 5.75 Å². The summed E-state index contributed by atoms with van der Waals surface area (Å²) in [6.45, 7) is 3.05. The van der Waals surface area contributed by atoms with E-state index >= 15 is 0 Å². The number of benzene rings is 1. The predicted molar refractivity (Wildman–Crippen MR) is 87.2 cm³/mol. The average Bonchev–Trinajstić information content (AvgIpc) is 2.90. The maximum absolute atomic E-state index is 11.0. The van der Waals surface area contributed by atoms with Crippen LogP contribution in [0.2, 0.25) is 0 Å². The van der Waals surface area contributed by atoms with Gasteiger partial charge in [0.25, 0.3) is 0 Å². The fourth-order valence-corrected chi connectivity index (χ4v) is 2.63. The zero-order valence-electron chi connectivity index (χ0n) is 13.0. The molecule has 0 spiro atoms. The Morgan fingerprint density at radius 1 is 1.45 bits per heavy atom. The standard InChI is InChI=1S/C17H24N2O3/c1-2-12(17(20)21)4-3-9-22-14-5-6-16-15(10-14)13(7-8-18)11-19-16/h5-6,10-12,19H,2-4,7-9,18H2,1H3,(H,20,21). The molecule has 2 aromatic rings. The molecule has 5 nitrogen and oxygen atoms in total. The van der Waals surface area contributed by atoms with Crippen LogP contribution in [0.15, 0.2) is 24.4 Å². The Morgan fingerprint density at radius 2 is 2.27 bits per heavy atom. The first-order valence-electron chi connectivity index (χ1n) is 7.81. The van der Waals surface area contributed by atoms with Gasteiger partial charge in [0.15, 0.2) is 0 Å². The zero-order valence-corrected chi connectivity index (χ0v) is 13.0. The first kappa shape index (κ1) is 16.4. The van der Waals surface area contributed by atoms with Gasteiger partial charge in [-0.3, -0.25) is 4.79 Å². The molecule has 5 heteroatoms. The number of aromatic nitrogens is 1. The van der Waals surface area contributed by atoms with E-state index < -0.39 is 5.97 Å². The molecule has 4 N–H and O–H groups in total. The van der Waals surface area contributed by atoms with Gasteiger partial charge in [-0.25, -0.2) is 0 Å². The Kier molecular flexibility index (Phi) is 5.83. The second kappa shape index (κ2) is 7.84. The van der Waals surface area contributed by atoms with Crippen molar-refractivity contribution in [1.29, 1.82) is 0 Å². The molecule has 1 heterocycles. The van der Waals surface area contributed by atoms with E-state index in [4.69, 9.17) is 15.6 Å². The Bertz CT molecular complexity index is 621. The number of rotatable bonds is 9. The number of carbonyl (C=O) groups is 1. The molecule has 0 aliphatic carbocycles. The lowest BCUT2D eigenvalue weighted by molar-refractivity contribution is -0.142. The van der Waals surface area contributed by atoms with Gasteiger partial charge < -0.3 is 20.6 Å². The highest BCUT2D eigenvalue weighted by Crippen LogP contribution is 2.24. The number of carboxylic acids is 1. The third-order valence-electron chi connectivity index (χ3n) is 3.96. The summed E-state index contributed by atoms with van der Waals surface area (Å²) in [4.78, 5) is 14.2. The van der Waals surface area contributed by atoms with Gasteiger partial charge in [-0.1, -0.05) is 6.92 Å². The van der Waals surface area contributed by atoms with E-state index in [-0.39, 0.29) is 5.92 Å². The van der Waals surface area contributed by atoms with Crippen LogP contribution in [0, 0.1) is 5.92 Å². The summed E-state index contributed by atoms with van der Waals surface area (Å²) in [6, 6.07) is 5.95. The van der Waals surface area contributed by atoms with Crippen molar-refractivity contribution in [2.75, 3.05) is 13.2 Å². The number of hydrogen-bond acceptors (Lipinski definition) is 3. The highest BCUT2D eigenvalue weighted by atomic mass is 16.5. The summed E-state index contributed by atoms with van der Waals surface area (Å²) < 4.78 is 5.75. The molecule has 0 saturated heterocycles. The lowest BCUT2D eigenvalue weighted by atomic mass is 10.0. The van der Waals surface area contributed by atoms with Crippen molar-refractivity contribution in [2.45, 2.75) is 32.6 Å². The van der Waals surface area contributed by atoms with Crippen LogP contribution in [-0.2, 0) is 11.2 Å². The van der Waals surface area contributed by atoms with E-state index in [1.54, 1.807) is 0 Å². The summed E-state index contributed by atoms with van der Waals surface area (Å²) in [5, 5.41) is 10.1. The predicted octanol–water partition coefficient (Wildman–Crippen LogP) is 2.94. The minimum absolute atomic E-state index is 0.271. The van der Waals surface area contributed by atoms with Gasteiger partial charge in [0.1, 0.15) is 5.75 Å². The molecule has 1 aromatic heterocycles. The van der Waals surface area contributed by atoms with Crippen LogP contribution >= 0.6 is 0 Å². The van der Waals surface area contributed by atoms with Crippen LogP contribution in [-0.4, -0.2) is 29.2 Å². The SMILES string of the molecule is CCC(CCCOc1ccc2[nH]cc(CCN)c2c1)C(=O)O. The summed E-state index contributed by atoms with van der Waals surface area (Å²) in [5.74, 6) is -0.177. The first-order valence-corrected chi connectivity index (χ1v) is 7.81. The summed E-state index contributed by atoms with van der Waals surface area (Å²) in [7, 11) is 0. The van der Waals surface area contributed by atoms with E-state index in [0.717, 1.165) is 29.5 Å². The minimum atomic E-state index is -0.720. The van der Waals surface area contributed by atoms with Crippen LogP contribution in [0.1, 0.15) is 31.7 Å². The summed E-state index contributed by atoms with van der Waals surface area (Å²) in [6.07, 6.45) is 4.87. The van der Waals surface area contributed by atoms with Gasteiger partial charge in [-0.15, -0.1) is 0 Å². The highest BCUT2D eigenvalue weighted by Gasteiger charge is 2.14. The van der Waals surface area contributed by atoms with Crippen LogP contribution in [0.4, 0.5) is 0 Å². The third kappa shape index (κ3) is 4.01. The van der Waals surface area contributed by atoms with E-state index in [1.165, 1.54) is 5.56 Å². The van der Waals surface area contributed by atoms with Crippen LogP contribution in [0.5, 0.6) is 5.75 Å². The fourth-order valence-electron chi connectivity index (χ4n) is 2.63. The second-order valence-electron chi connectivity index (χ2n) is 5.49. The molecule has 2 rings (SSSR count). The number of nitrogens with one attached hydrogen (secondary N) is 1. The Hall–Kier alpha value is -2.01. The van der Waals surface area contributed by atoms with Gasteiger partial charge in [0.05, 0.1) is 12.5 Å². The number of ether oxygens (including phenoxy) is 1. The Labute approximate surface area is 130 Å². The molecule has 120 valence electrons. The number of aromatic amines is 1. The number of nitrogens with two attached hydrogens (primary N) is 1. The van der Waals surface area contributed by atoms with Crippen molar-refractivity contribution in [1.82, 2.24) is 4.98 Å². The maximum Gasteiger partial charge on any atom is 0.306 e. The summed E-state index contributed by atoms with van der Waals surface area (Å²) >= 11 is 0. The molecule has 0 amide bonds. The number of fused-ring (bicyclic) bond motifs is 1. The molecule has 0 radical (unpaired) electrons. The van der Waals surface area contributed by atoms with Gasteiger partial charge in [0.2, 0.25) is 0 Å². The van der Waals surface area contributed by atoms with E-state index in [2.05, 4.69) is 4.98 Å². The van der Waals surface area contributed by atoms with Crippen LogP contribution < -0.4 is 10.5 Å². The molecule has 22 heavy (non-hydrogen) atoms. The smallest absolute Gasteiger partial charge is 0.306 e. The van der Waals surface area contributed by atoms with Gasteiger partial charge in [-0.05, 0) is 56.0 Å². The topological polar surface area (TPSA) is 88.3 Å². The number of aliphatic carboxylic acids is 1. The summed E-state index contributed by atoms with van der Waals surface area (Å²) in [5.41, 5.74) is 7.89. The lowest BCUT2D eigenvalue weighted by Gasteiger charge is -2.10. The molecule has 0 bridgehead atoms. The van der Waals surface area contributed by atoms with Crippen molar-refractivity contribution in [3.05, 3.63) is 30.0 Å². The van der Waals surface area contributed by atoms with Gasteiger partial charge in [-0.2, -0.15) is 0 Å². The monoisotopic (exact) mass is 304 g/mol. The molecule has 0 aliphatic heterocycles. The Morgan fingerprint density at radius 3 is 2.95 bits per heavy atom. The van der Waals surface area contributed by atoms with Crippen molar-refractivity contribution >= 4 is 16.9 Å². The van der Waals surface area contributed by atoms with Gasteiger partial charge in [0, 0.05) is 17.1 Å².